The highest BCUT2D eigenvalue weighted by atomic mass is 16.3. The van der Waals surface area contributed by atoms with Crippen LogP contribution in [0.15, 0.2) is 0 Å². The second kappa shape index (κ2) is 17.4. The average Bonchev–Trinajstić information content (AvgIpc) is 2.86. The molecule has 0 bridgehead atoms. The maximum Gasteiger partial charge on any atom is 0.333 e. The minimum atomic E-state index is -1.70. The molecule has 2 atom stereocenters. The Morgan fingerprint density at radius 3 is 1.26 bits per heavy atom. The standard InChI is InChI=1S/C30H59N7O5/c1-12-14-16-18-24(31-26(38)34(20(3)4)21(5)6)36-28(40)33(11)29(41)37(30(36)42)25(19-17-15-13-2)32-27(39)35(22(7)8)23(9)10/h20-25,30,42H,12-19H2,1-11H3,(H,31,38)(H,32,39). The molecule has 0 aromatic heterocycles. The largest absolute Gasteiger partial charge is 0.356 e. The van der Waals surface area contributed by atoms with Gasteiger partial charge in [0.05, 0.1) is 0 Å². The lowest BCUT2D eigenvalue weighted by molar-refractivity contribution is -0.128. The van der Waals surface area contributed by atoms with Crippen LogP contribution < -0.4 is 10.6 Å². The third-order valence-electron chi connectivity index (χ3n) is 7.62. The number of amides is 8. The van der Waals surface area contributed by atoms with Crippen molar-refractivity contribution in [3.8, 4) is 0 Å². The molecule has 0 aromatic carbocycles. The van der Waals surface area contributed by atoms with Gasteiger partial charge in [0.1, 0.15) is 12.3 Å². The Balaban J connectivity index is 3.52. The number of aliphatic hydroxyl groups excluding tert-OH is 1. The van der Waals surface area contributed by atoms with E-state index in [9.17, 15) is 24.3 Å². The smallest absolute Gasteiger partial charge is 0.333 e. The van der Waals surface area contributed by atoms with Crippen molar-refractivity contribution in [1.29, 1.82) is 0 Å². The second-order valence-corrected chi connectivity index (χ2v) is 12.4. The van der Waals surface area contributed by atoms with Gasteiger partial charge in [-0.15, -0.1) is 0 Å². The lowest BCUT2D eigenvalue weighted by Gasteiger charge is -2.49. The molecule has 244 valence electrons. The first-order valence-corrected chi connectivity index (χ1v) is 15.9. The van der Waals surface area contributed by atoms with E-state index in [4.69, 9.17) is 0 Å². The molecule has 1 heterocycles. The normalized spacial score (nSPS) is 17.4. The summed E-state index contributed by atoms with van der Waals surface area (Å²) in [5.74, 6) is 0. The molecule has 0 saturated carbocycles. The first kappa shape index (κ1) is 37.3. The molecule has 12 heteroatoms. The molecule has 1 aliphatic rings. The van der Waals surface area contributed by atoms with E-state index < -0.39 is 30.7 Å². The van der Waals surface area contributed by atoms with Crippen molar-refractivity contribution in [3.63, 3.8) is 0 Å². The summed E-state index contributed by atoms with van der Waals surface area (Å²) in [5, 5.41) is 17.7. The van der Waals surface area contributed by atoms with Gasteiger partial charge in [-0.2, -0.15) is 0 Å². The minimum absolute atomic E-state index is 0.0907. The predicted molar refractivity (Wildman–Crippen MR) is 165 cm³/mol. The van der Waals surface area contributed by atoms with E-state index in [0.717, 1.165) is 40.4 Å². The third-order valence-corrected chi connectivity index (χ3v) is 7.62. The maximum absolute atomic E-state index is 13.6. The molecule has 1 aliphatic heterocycles. The number of carbonyl (C=O) groups excluding carboxylic acids is 4. The van der Waals surface area contributed by atoms with Gasteiger partial charge in [0, 0.05) is 31.2 Å². The van der Waals surface area contributed by atoms with Gasteiger partial charge in [0.15, 0.2) is 0 Å². The quantitative estimate of drug-likeness (QED) is 0.202. The number of imide groups is 1. The molecule has 3 N–H and O–H groups in total. The van der Waals surface area contributed by atoms with E-state index in [1.54, 1.807) is 9.80 Å². The van der Waals surface area contributed by atoms with E-state index in [2.05, 4.69) is 24.5 Å². The van der Waals surface area contributed by atoms with E-state index in [0.29, 0.717) is 25.7 Å². The predicted octanol–water partition coefficient (Wildman–Crippen LogP) is 5.52. The third kappa shape index (κ3) is 9.64. The second-order valence-electron chi connectivity index (χ2n) is 12.4. The van der Waals surface area contributed by atoms with Gasteiger partial charge >= 0.3 is 24.1 Å². The number of nitrogens with zero attached hydrogens (tertiary/aromatic N) is 5. The molecule has 0 spiro atoms. The van der Waals surface area contributed by atoms with Crippen LogP contribution in [0.1, 0.15) is 121 Å². The summed E-state index contributed by atoms with van der Waals surface area (Å²) in [6.45, 7) is 19.5. The molecule has 0 aliphatic carbocycles. The topological polar surface area (TPSA) is 129 Å². The highest BCUT2D eigenvalue weighted by molar-refractivity contribution is 5.96. The van der Waals surface area contributed by atoms with Crippen LogP contribution in [-0.4, -0.2) is 104 Å². The van der Waals surface area contributed by atoms with Crippen molar-refractivity contribution >= 4 is 24.1 Å². The number of hydrogen-bond acceptors (Lipinski definition) is 5. The van der Waals surface area contributed by atoms with Crippen molar-refractivity contribution in [1.82, 2.24) is 35.1 Å². The monoisotopic (exact) mass is 597 g/mol. The Morgan fingerprint density at radius 2 is 1.00 bits per heavy atom. The van der Waals surface area contributed by atoms with Gasteiger partial charge in [-0.1, -0.05) is 39.5 Å². The number of rotatable bonds is 16. The summed E-state index contributed by atoms with van der Waals surface area (Å²) in [6.07, 6.45) is 2.35. The highest BCUT2D eigenvalue weighted by Gasteiger charge is 2.48. The Morgan fingerprint density at radius 1 is 0.690 bits per heavy atom. The van der Waals surface area contributed by atoms with Gasteiger partial charge in [-0.05, 0) is 81.1 Å². The van der Waals surface area contributed by atoms with Crippen LogP contribution in [-0.2, 0) is 0 Å². The first-order chi connectivity index (χ1) is 19.6. The highest BCUT2D eigenvalue weighted by Crippen LogP contribution is 2.25. The van der Waals surface area contributed by atoms with Gasteiger partial charge in [-0.25, -0.2) is 24.1 Å². The van der Waals surface area contributed by atoms with Crippen molar-refractivity contribution in [3.05, 3.63) is 0 Å². The van der Waals surface area contributed by atoms with Crippen LogP contribution in [0.5, 0.6) is 0 Å². The molecular weight excluding hydrogens is 538 g/mol. The summed E-state index contributed by atoms with van der Waals surface area (Å²) in [5.41, 5.74) is 0. The Kier molecular flexibility index (Phi) is 15.4. The number of aliphatic hydroxyl groups is 1. The van der Waals surface area contributed by atoms with Gasteiger partial charge < -0.3 is 25.5 Å². The molecule has 2 unspecified atom stereocenters. The average molecular weight is 598 g/mol. The summed E-state index contributed by atoms with van der Waals surface area (Å²) >= 11 is 0. The molecule has 0 radical (unpaired) electrons. The van der Waals surface area contributed by atoms with E-state index in [1.807, 2.05) is 55.4 Å². The van der Waals surface area contributed by atoms with Crippen molar-refractivity contribution in [2.45, 2.75) is 163 Å². The molecule has 12 nitrogen and oxygen atoms in total. The van der Waals surface area contributed by atoms with E-state index >= 15 is 0 Å². The number of urea groups is 4. The Hall–Kier alpha value is -2.76. The fourth-order valence-electron chi connectivity index (χ4n) is 5.65. The van der Waals surface area contributed by atoms with Crippen LogP contribution in [0.3, 0.4) is 0 Å². The molecule has 0 aromatic rings. The summed E-state index contributed by atoms with van der Waals surface area (Å²) < 4.78 is 0. The Labute approximate surface area is 254 Å². The molecule has 1 saturated heterocycles. The number of carbonyl (C=O) groups is 4. The number of unbranched alkanes of at least 4 members (excludes halogenated alkanes) is 4. The molecule has 42 heavy (non-hydrogen) atoms. The van der Waals surface area contributed by atoms with Crippen molar-refractivity contribution < 1.29 is 24.3 Å². The van der Waals surface area contributed by atoms with Crippen LogP contribution in [0.2, 0.25) is 0 Å². The molecule has 1 rings (SSSR count). The first-order valence-electron chi connectivity index (χ1n) is 15.9. The summed E-state index contributed by atoms with van der Waals surface area (Å²) in [6, 6.07) is -2.50. The van der Waals surface area contributed by atoms with Crippen LogP contribution in [0.25, 0.3) is 0 Å². The van der Waals surface area contributed by atoms with E-state index in [-0.39, 0.29) is 36.2 Å². The number of nitrogens with one attached hydrogen (secondary N) is 2. The Bertz CT molecular complexity index is 798. The zero-order valence-corrected chi connectivity index (χ0v) is 28.0. The van der Waals surface area contributed by atoms with E-state index in [1.165, 1.54) is 7.05 Å². The van der Waals surface area contributed by atoms with Gasteiger partial charge in [0.25, 0.3) is 0 Å². The fraction of sp³-hybridized carbons (Fsp3) is 0.867. The SMILES string of the molecule is CCCCCC(NC(=O)N(C(C)C)C(C)C)N1C(=O)N(C)C(=O)N(C(CCCCC)NC(=O)N(C(C)C)C(C)C)C1O. The fourth-order valence-corrected chi connectivity index (χ4v) is 5.65. The van der Waals surface area contributed by atoms with Crippen LogP contribution in [0.4, 0.5) is 19.2 Å². The lowest BCUT2D eigenvalue weighted by Crippen LogP contribution is -2.73. The maximum atomic E-state index is 13.6. The van der Waals surface area contributed by atoms with Crippen molar-refractivity contribution in [2.75, 3.05) is 7.05 Å². The minimum Gasteiger partial charge on any atom is -0.356 e. The molecule has 1 fully saturated rings. The zero-order valence-electron chi connectivity index (χ0n) is 28.0. The van der Waals surface area contributed by atoms with Crippen LogP contribution >= 0.6 is 0 Å². The summed E-state index contributed by atoms with van der Waals surface area (Å²) in [7, 11) is 1.36. The number of hydrogen-bond donors (Lipinski definition) is 3. The van der Waals surface area contributed by atoms with Crippen LogP contribution in [0, 0.1) is 0 Å². The molecule has 8 amide bonds. The zero-order chi connectivity index (χ0) is 32.3. The van der Waals surface area contributed by atoms with Gasteiger partial charge in [0.2, 0.25) is 6.35 Å². The molecular formula is C30H59N7O5. The van der Waals surface area contributed by atoms with Crippen molar-refractivity contribution in [2.24, 2.45) is 0 Å². The van der Waals surface area contributed by atoms with Gasteiger partial charge in [-0.3, -0.25) is 9.80 Å². The summed E-state index contributed by atoms with van der Waals surface area (Å²) in [4.78, 5) is 60.6. The lowest BCUT2D eigenvalue weighted by atomic mass is 10.1.